The number of para-hydroxylation sites is 1. The molecule has 0 radical (unpaired) electrons. The van der Waals surface area contributed by atoms with Crippen molar-refractivity contribution in [3.8, 4) is 11.5 Å². The second-order valence-electron chi connectivity index (χ2n) is 6.04. The Bertz CT molecular complexity index is 879. The quantitative estimate of drug-likeness (QED) is 0.653. The molecule has 3 aromatic rings. The Morgan fingerprint density at radius 3 is 2.26 bits per heavy atom. The van der Waals surface area contributed by atoms with Crippen LogP contribution in [0.5, 0.6) is 11.5 Å². The molecule has 138 valence electrons. The number of amides is 1. The van der Waals surface area contributed by atoms with Crippen molar-refractivity contribution in [3.05, 3.63) is 90.0 Å². The number of carbonyl (C=O) groups excluding carboxylic acids is 1. The van der Waals surface area contributed by atoms with Gasteiger partial charge in [-0.25, -0.2) is 0 Å². The Morgan fingerprint density at radius 2 is 1.63 bits per heavy atom. The Hall–Kier alpha value is -3.27. The van der Waals surface area contributed by atoms with Crippen molar-refractivity contribution in [2.45, 2.75) is 12.8 Å². The molecule has 0 fully saturated rings. The minimum absolute atomic E-state index is 0.126. The van der Waals surface area contributed by atoms with Gasteiger partial charge in [-0.1, -0.05) is 48.5 Å². The summed E-state index contributed by atoms with van der Waals surface area (Å²) in [6, 6.07) is 24.7. The monoisotopic (exact) mass is 361 g/mol. The summed E-state index contributed by atoms with van der Waals surface area (Å²) in [4.78, 5) is 13.2. The molecule has 27 heavy (non-hydrogen) atoms. The summed E-state index contributed by atoms with van der Waals surface area (Å²) in [7, 11) is 1.61. The Labute approximate surface area is 159 Å². The van der Waals surface area contributed by atoms with Crippen LogP contribution in [-0.4, -0.2) is 19.6 Å². The lowest BCUT2D eigenvalue weighted by atomic mass is 9.89. The zero-order chi connectivity index (χ0) is 19.1. The minimum Gasteiger partial charge on any atom is -0.496 e. The normalized spacial score (nSPS) is 11.5. The van der Waals surface area contributed by atoms with E-state index in [0.29, 0.717) is 18.1 Å². The molecule has 0 spiro atoms. The van der Waals surface area contributed by atoms with E-state index in [-0.39, 0.29) is 5.91 Å². The van der Waals surface area contributed by atoms with E-state index in [4.69, 9.17) is 9.47 Å². The second kappa shape index (κ2) is 8.90. The highest BCUT2D eigenvalue weighted by Gasteiger charge is 2.26. The van der Waals surface area contributed by atoms with Crippen LogP contribution < -0.4 is 14.8 Å². The second-order valence-corrected chi connectivity index (χ2v) is 6.04. The van der Waals surface area contributed by atoms with Crippen molar-refractivity contribution in [1.29, 1.82) is 0 Å². The molecule has 3 rings (SSSR count). The summed E-state index contributed by atoms with van der Waals surface area (Å²) in [6.07, 6.45) is 0. The first-order chi connectivity index (χ1) is 13.2. The summed E-state index contributed by atoms with van der Waals surface area (Å²) >= 11 is 0. The van der Waals surface area contributed by atoms with Crippen LogP contribution >= 0.6 is 0 Å². The van der Waals surface area contributed by atoms with Gasteiger partial charge in [-0.3, -0.25) is 4.79 Å². The van der Waals surface area contributed by atoms with Gasteiger partial charge in [0.2, 0.25) is 5.91 Å². The van der Waals surface area contributed by atoms with Crippen LogP contribution in [0.4, 0.5) is 5.69 Å². The molecule has 0 aliphatic carbocycles. The van der Waals surface area contributed by atoms with Gasteiger partial charge in [-0.05, 0) is 42.8 Å². The standard InChI is InChI=1S/C23H23NO3/c1-3-27-19-14-15-21(26-2)20(16-19)22(17-10-6-4-7-11-17)23(25)24-18-12-8-5-9-13-18/h4-16,22H,3H2,1-2H3,(H,24,25). The maximum Gasteiger partial charge on any atom is 0.236 e. The van der Waals surface area contributed by atoms with Gasteiger partial charge < -0.3 is 14.8 Å². The summed E-state index contributed by atoms with van der Waals surface area (Å²) in [6.45, 7) is 2.48. The number of rotatable bonds is 7. The average molecular weight is 361 g/mol. The van der Waals surface area contributed by atoms with E-state index in [1.807, 2.05) is 85.8 Å². The van der Waals surface area contributed by atoms with Crippen LogP contribution in [0.1, 0.15) is 24.0 Å². The largest absolute Gasteiger partial charge is 0.496 e. The fourth-order valence-electron chi connectivity index (χ4n) is 3.05. The molecular formula is C23H23NO3. The number of nitrogens with one attached hydrogen (secondary N) is 1. The highest BCUT2D eigenvalue weighted by molar-refractivity contribution is 5.98. The van der Waals surface area contributed by atoms with E-state index in [1.54, 1.807) is 7.11 Å². The maximum absolute atomic E-state index is 13.2. The summed E-state index contributed by atoms with van der Waals surface area (Å²) in [5.74, 6) is 0.707. The first-order valence-electron chi connectivity index (χ1n) is 8.94. The van der Waals surface area contributed by atoms with Crippen LogP contribution in [-0.2, 0) is 4.79 Å². The lowest BCUT2D eigenvalue weighted by Gasteiger charge is -2.21. The summed E-state index contributed by atoms with van der Waals surface area (Å²) in [5.41, 5.74) is 2.41. The lowest BCUT2D eigenvalue weighted by molar-refractivity contribution is -0.116. The first-order valence-corrected chi connectivity index (χ1v) is 8.94. The van der Waals surface area contributed by atoms with Gasteiger partial charge in [0, 0.05) is 11.3 Å². The summed E-state index contributed by atoms with van der Waals surface area (Å²) < 4.78 is 11.2. The molecule has 0 saturated carbocycles. The maximum atomic E-state index is 13.2. The minimum atomic E-state index is -0.526. The third-order valence-corrected chi connectivity index (χ3v) is 4.26. The molecule has 3 aromatic carbocycles. The fourth-order valence-corrected chi connectivity index (χ4v) is 3.05. The average Bonchev–Trinajstić information content (AvgIpc) is 2.70. The molecular weight excluding hydrogens is 338 g/mol. The van der Waals surface area contributed by atoms with Crippen molar-refractivity contribution in [1.82, 2.24) is 0 Å². The Morgan fingerprint density at radius 1 is 0.963 bits per heavy atom. The van der Waals surface area contributed by atoms with Crippen molar-refractivity contribution < 1.29 is 14.3 Å². The SMILES string of the molecule is CCOc1ccc(OC)c(C(C(=O)Nc2ccccc2)c2ccccc2)c1. The van der Waals surface area contributed by atoms with Crippen LogP contribution in [0.15, 0.2) is 78.9 Å². The molecule has 1 atom stereocenters. The third kappa shape index (κ3) is 4.47. The van der Waals surface area contributed by atoms with Gasteiger partial charge in [0.1, 0.15) is 11.5 Å². The number of methoxy groups -OCH3 is 1. The highest BCUT2D eigenvalue weighted by atomic mass is 16.5. The predicted molar refractivity (Wildman–Crippen MR) is 108 cm³/mol. The van der Waals surface area contributed by atoms with Crippen molar-refractivity contribution >= 4 is 11.6 Å². The van der Waals surface area contributed by atoms with E-state index in [0.717, 1.165) is 16.8 Å². The predicted octanol–water partition coefficient (Wildman–Crippen LogP) is 4.86. The molecule has 4 heteroatoms. The number of anilines is 1. The van der Waals surface area contributed by atoms with E-state index < -0.39 is 5.92 Å². The van der Waals surface area contributed by atoms with E-state index in [9.17, 15) is 4.79 Å². The van der Waals surface area contributed by atoms with E-state index in [1.165, 1.54) is 0 Å². The van der Waals surface area contributed by atoms with Gasteiger partial charge in [-0.2, -0.15) is 0 Å². The first kappa shape index (κ1) is 18.5. The molecule has 0 aromatic heterocycles. The van der Waals surface area contributed by atoms with Gasteiger partial charge in [0.15, 0.2) is 0 Å². The van der Waals surface area contributed by atoms with Crippen molar-refractivity contribution in [2.75, 3.05) is 19.0 Å². The molecule has 0 heterocycles. The van der Waals surface area contributed by atoms with Gasteiger partial charge in [0.05, 0.1) is 19.6 Å². The molecule has 1 unspecified atom stereocenters. The molecule has 1 amide bonds. The zero-order valence-electron chi connectivity index (χ0n) is 15.5. The number of carbonyl (C=O) groups is 1. The molecule has 0 bridgehead atoms. The molecule has 0 saturated heterocycles. The number of hydrogen-bond acceptors (Lipinski definition) is 3. The van der Waals surface area contributed by atoms with Crippen LogP contribution in [0.2, 0.25) is 0 Å². The molecule has 4 nitrogen and oxygen atoms in total. The Kier molecular flexibility index (Phi) is 6.10. The lowest BCUT2D eigenvalue weighted by Crippen LogP contribution is -2.22. The topological polar surface area (TPSA) is 47.6 Å². The number of ether oxygens (including phenoxy) is 2. The summed E-state index contributed by atoms with van der Waals surface area (Å²) in [5, 5.41) is 3.01. The van der Waals surface area contributed by atoms with Crippen LogP contribution in [0, 0.1) is 0 Å². The van der Waals surface area contributed by atoms with Crippen molar-refractivity contribution in [3.63, 3.8) is 0 Å². The Balaban J connectivity index is 2.05. The van der Waals surface area contributed by atoms with E-state index in [2.05, 4.69) is 5.32 Å². The van der Waals surface area contributed by atoms with Gasteiger partial charge in [-0.15, -0.1) is 0 Å². The smallest absolute Gasteiger partial charge is 0.236 e. The molecule has 1 N–H and O–H groups in total. The van der Waals surface area contributed by atoms with Crippen molar-refractivity contribution in [2.24, 2.45) is 0 Å². The zero-order valence-corrected chi connectivity index (χ0v) is 15.5. The molecule has 0 aliphatic heterocycles. The third-order valence-electron chi connectivity index (χ3n) is 4.26. The number of benzene rings is 3. The number of hydrogen-bond donors (Lipinski definition) is 1. The van der Waals surface area contributed by atoms with E-state index >= 15 is 0 Å². The highest BCUT2D eigenvalue weighted by Crippen LogP contribution is 2.35. The molecule has 0 aliphatic rings. The van der Waals surface area contributed by atoms with Gasteiger partial charge in [0.25, 0.3) is 0 Å². The van der Waals surface area contributed by atoms with Crippen LogP contribution in [0.25, 0.3) is 0 Å². The fraction of sp³-hybridized carbons (Fsp3) is 0.174. The van der Waals surface area contributed by atoms with Gasteiger partial charge >= 0.3 is 0 Å². The van der Waals surface area contributed by atoms with Crippen LogP contribution in [0.3, 0.4) is 0 Å².